The molecule has 12 rings (SSSR count). The lowest BCUT2D eigenvalue weighted by Crippen LogP contribution is -1.96. The molecule has 0 radical (unpaired) electrons. The van der Waals surface area contributed by atoms with E-state index < -0.39 is 0 Å². The van der Waals surface area contributed by atoms with Gasteiger partial charge in [0.1, 0.15) is 0 Å². The van der Waals surface area contributed by atoms with E-state index in [1.165, 1.54) is 38.1 Å². The van der Waals surface area contributed by atoms with Crippen LogP contribution in [0, 0.1) is 0 Å². The van der Waals surface area contributed by atoms with Crippen molar-refractivity contribution in [3.8, 4) is 78.5 Å². The molecule has 0 spiro atoms. The number of aromatic nitrogens is 3. The Bertz CT molecular complexity index is 3690. The quantitative estimate of drug-likeness (QED) is 0.150. The first-order chi connectivity index (χ1) is 31.7. The highest BCUT2D eigenvalue weighted by Crippen LogP contribution is 2.41. The SMILES string of the molecule is c1ccc(-c2cccc(-c3nc(-c4ccccc4)cc(-c4ccc(-c5cccc6c5nc(-c5ccc(-c7cccc8ccccc78)cc5)c5ccc7ccccc7c56)cc4)n3)c2)cc1. The van der Waals surface area contributed by atoms with Gasteiger partial charge in [0, 0.05) is 44.0 Å². The molecule has 0 aliphatic rings. The van der Waals surface area contributed by atoms with Crippen LogP contribution in [0.1, 0.15) is 0 Å². The summed E-state index contributed by atoms with van der Waals surface area (Å²) >= 11 is 0. The predicted octanol–water partition coefficient (Wildman–Crippen LogP) is 16.2. The largest absolute Gasteiger partial charge is 0.246 e. The first-order valence-corrected chi connectivity index (χ1v) is 21.8. The van der Waals surface area contributed by atoms with Crippen LogP contribution in [0.5, 0.6) is 0 Å². The van der Waals surface area contributed by atoms with Gasteiger partial charge in [0.25, 0.3) is 0 Å². The van der Waals surface area contributed by atoms with Crippen LogP contribution in [-0.4, -0.2) is 15.0 Å². The lowest BCUT2D eigenvalue weighted by atomic mass is 9.92. The van der Waals surface area contributed by atoms with Crippen molar-refractivity contribution in [3.05, 3.63) is 237 Å². The van der Waals surface area contributed by atoms with Gasteiger partial charge >= 0.3 is 0 Å². The number of hydrogen-bond donors (Lipinski definition) is 0. The highest BCUT2D eigenvalue weighted by Gasteiger charge is 2.18. The summed E-state index contributed by atoms with van der Waals surface area (Å²) in [5.74, 6) is 0.688. The average Bonchev–Trinajstić information content (AvgIpc) is 3.38. The molecule has 10 aromatic carbocycles. The van der Waals surface area contributed by atoms with E-state index >= 15 is 0 Å². The number of fused-ring (bicyclic) bond motifs is 6. The molecule has 0 amide bonds. The van der Waals surface area contributed by atoms with E-state index in [0.717, 1.165) is 77.9 Å². The molecule has 0 N–H and O–H groups in total. The second-order valence-electron chi connectivity index (χ2n) is 16.3. The Kier molecular flexibility index (Phi) is 9.16. The summed E-state index contributed by atoms with van der Waals surface area (Å²) in [6, 6.07) is 84.0. The molecule has 0 saturated heterocycles. The van der Waals surface area contributed by atoms with E-state index in [2.05, 4.69) is 224 Å². The van der Waals surface area contributed by atoms with Gasteiger partial charge in [-0.15, -0.1) is 0 Å². The van der Waals surface area contributed by atoms with Crippen LogP contribution in [0.2, 0.25) is 0 Å². The van der Waals surface area contributed by atoms with Gasteiger partial charge in [-0.3, -0.25) is 0 Å². The molecular formula is C61H39N3. The molecule has 0 saturated carbocycles. The maximum absolute atomic E-state index is 5.59. The number of para-hydroxylation sites is 1. The third-order valence-electron chi connectivity index (χ3n) is 12.5. The first-order valence-electron chi connectivity index (χ1n) is 21.8. The minimum atomic E-state index is 0.688. The smallest absolute Gasteiger partial charge is 0.160 e. The number of benzene rings is 10. The van der Waals surface area contributed by atoms with E-state index in [1.54, 1.807) is 0 Å². The van der Waals surface area contributed by atoms with Gasteiger partial charge in [0.05, 0.1) is 22.6 Å². The molecule has 298 valence electrons. The Morgan fingerprint density at radius 1 is 0.250 bits per heavy atom. The summed E-state index contributed by atoms with van der Waals surface area (Å²) in [6.45, 7) is 0. The molecule has 0 unspecified atom stereocenters. The van der Waals surface area contributed by atoms with E-state index in [0.29, 0.717) is 5.82 Å². The summed E-state index contributed by atoms with van der Waals surface area (Å²) in [6.07, 6.45) is 0. The molecule has 0 fully saturated rings. The molecule has 64 heavy (non-hydrogen) atoms. The summed E-state index contributed by atoms with van der Waals surface area (Å²) in [4.78, 5) is 15.9. The van der Waals surface area contributed by atoms with Crippen molar-refractivity contribution in [2.45, 2.75) is 0 Å². The minimum Gasteiger partial charge on any atom is -0.246 e. The van der Waals surface area contributed by atoms with E-state index in [9.17, 15) is 0 Å². The molecule has 3 heteroatoms. The van der Waals surface area contributed by atoms with Gasteiger partial charge in [-0.2, -0.15) is 0 Å². The van der Waals surface area contributed by atoms with Gasteiger partial charge in [0.15, 0.2) is 5.82 Å². The molecule has 2 heterocycles. The molecule has 0 aliphatic heterocycles. The number of hydrogen-bond acceptors (Lipinski definition) is 3. The number of nitrogens with zero attached hydrogens (tertiary/aromatic N) is 3. The number of pyridine rings is 1. The third kappa shape index (κ3) is 6.68. The summed E-state index contributed by atoms with van der Waals surface area (Å²) in [7, 11) is 0. The van der Waals surface area contributed by atoms with Gasteiger partial charge in [-0.1, -0.05) is 224 Å². The molecule has 0 bridgehead atoms. The second-order valence-corrected chi connectivity index (χ2v) is 16.3. The predicted molar refractivity (Wildman–Crippen MR) is 268 cm³/mol. The van der Waals surface area contributed by atoms with Crippen LogP contribution in [0.3, 0.4) is 0 Å². The maximum atomic E-state index is 5.59. The molecule has 2 aromatic heterocycles. The molecule has 12 aromatic rings. The van der Waals surface area contributed by atoms with Gasteiger partial charge in [-0.05, 0) is 61.5 Å². The second kappa shape index (κ2) is 15.7. The van der Waals surface area contributed by atoms with Gasteiger partial charge in [0.2, 0.25) is 0 Å². The zero-order valence-corrected chi connectivity index (χ0v) is 34.9. The Balaban J connectivity index is 0.981. The fourth-order valence-corrected chi connectivity index (χ4v) is 9.30. The Morgan fingerprint density at radius 3 is 1.50 bits per heavy atom. The van der Waals surface area contributed by atoms with Crippen LogP contribution in [0.15, 0.2) is 237 Å². The average molecular weight is 814 g/mol. The summed E-state index contributed by atoms with van der Waals surface area (Å²) in [5, 5.41) is 8.40. The van der Waals surface area contributed by atoms with Crippen molar-refractivity contribution >= 4 is 43.2 Å². The Hall–Kier alpha value is -8.53. The van der Waals surface area contributed by atoms with Crippen molar-refractivity contribution in [1.29, 1.82) is 0 Å². The highest BCUT2D eigenvalue weighted by molar-refractivity contribution is 6.24. The molecular weight excluding hydrogens is 775 g/mol. The maximum Gasteiger partial charge on any atom is 0.160 e. The first kappa shape index (κ1) is 37.2. The highest BCUT2D eigenvalue weighted by atomic mass is 14.9. The van der Waals surface area contributed by atoms with Crippen molar-refractivity contribution in [2.75, 3.05) is 0 Å². The van der Waals surface area contributed by atoms with Crippen molar-refractivity contribution in [2.24, 2.45) is 0 Å². The monoisotopic (exact) mass is 813 g/mol. The van der Waals surface area contributed by atoms with Crippen LogP contribution < -0.4 is 0 Å². The van der Waals surface area contributed by atoms with Crippen molar-refractivity contribution in [1.82, 2.24) is 15.0 Å². The topological polar surface area (TPSA) is 38.7 Å². The number of rotatable bonds is 7. The van der Waals surface area contributed by atoms with Crippen molar-refractivity contribution < 1.29 is 0 Å². The zero-order valence-electron chi connectivity index (χ0n) is 34.9. The fraction of sp³-hybridized carbons (Fsp3) is 0. The fourth-order valence-electron chi connectivity index (χ4n) is 9.30. The molecule has 0 aliphatic carbocycles. The van der Waals surface area contributed by atoms with Crippen molar-refractivity contribution in [3.63, 3.8) is 0 Å². The van der Waals surface area contributed by atoms with Crippen LogP contribution in [0.4, 0.5) is 0 Å². The molecule has 0 atom stereocenters. The minimum absolute atomic E-state index is 0.688. The van der Waals surface area contributed by atoms with Gasteiger partial charge in [-0.25, -0.2) is 15.0 Å². The Labute approximate surface area is 371 Å². The zero-order chi connectivity index (χ0) is 42.4. The lowest BCUT2D eigenvalue weighted by Gasteiger charge is -2.16. The van der Waals surface area contributed by atoms with E-state index in [1.807, 2.05) is 12.1 Å². The normalized spacial score (nSPS) is 11.4. The molecule has 3 nitrogen and oxygen atoms in total. The Morgan fingerprint density at radius 2 is 0.750 bits per heavy atom. The lowest BCUT2D eigenvalue weighted by molar-refractivity contribution is 1.18. The van der Waals surface area contributed by atoms with Crippen LogP contribution >= 0.6 is 0 Å². The van der Waals surface area contributed by atoms with Gasteiger partial charge < -0.3 is 0 Å². The van der Waals surface area contributed by atoms with E-state index in [-0.39, 0.29) is 0 Å². The standard InChI is InChI=1S/C61H39N3/c1-3-14-40(15-4-1)48-21-11-22-49(38-48)61-62-56(45-18-5-2-6-19-45)39-57(63-61)46-32-28-44(29-33-46)53-26-13-27-54-58-52-24-10-8-17-42(52)36-37-55(58)59(64-60(53)54)47-34-30-43(31-35-47)51-25-12-20-41-16-7-9-23-50(41)51/h1-39H. The summed E-state index contributed by atoms with van der Waals surface area (Å²) in [5.41, 5.74) is 14.7. The van der Waals surface area contributed by atoms with Crippen LogP contribution in [0.25, 0.3) is 122 Å². The third-order valence-corrected chi connectivity index (χ3v) is 12.5. The summed E-state index contributed by atoms with van der Waals surface area (Å²) < 4.78 is 0. The van der Waals surface area contributed by atoms with E-state index in [4.69, 9.17) is 15.0 Å². The van der Waals surface area contributed by atoms with Crippen LogP contribution in [-0.2, 0) is 0 Å².